The van der Waals surface area contributed by atoms with E-state index in [1.54, 1.807) is 0 Å². The highest BCUT2D eigenvalue weighted by Crippen LogP contribution is 2.50. The lowest BCUT2D eigenvalue weighted by molar-refractivity contribution is 0.660. The van der Waals surface area contributed by atoms with Gasteiger partial charge in [-0.25, -0.2) is 0 Å². The first kappa shape index (κ1) is 38.5. The molecule has 12 rings (SSSR count). The van der Waals surface area contributed by atoms with Crippen molar-refractivity contribution in [1.82, 2.24) is 4.57 Å². The van der Waals surface area contributed by atoms with Crippen LogP contribution in [0.2, 0.25) is 0 Å². The number of anilines is 3. The second-order valence-corrected chi connectivity index (χ2v) is 17.8. The van der Waals surface area contributed by atoms with Crippen molar-refractivity contribution in [1.29, 1.82) is 0 Å². The van der Waals surface area contributed by atoms with Gasteiger partial charge >= 0.3 is 0 Å². The maximum Gasteiger partial charge on any atom is 0.0541 e. The molecule has 2 nitrogen and oxygen atoms in total. The molecule has 65 heavy (non-hydrogen) atoms. The molecule has 0 bridgehead atoms. The molecule has 10 aromatic carbocycles. The Balaban J connectivity index is 0.768. The SMILES string of the molecule is CC1(C)c2ccccc2-c2ccc(N(c3ccccc3)c3ccc(-c4ccc(-c5ccc(-c6ccc(-c7ccc8c(c7)c7ccccc7n8-c7ccccc7)cc6)cc5)cc4)cc3)cc21. The Morgan fingerprint density at radius 2 is 0.738 bits per heavy atom. The molecule has 1 aliphatic carbocycles. The molecule has 0 spiro atoms. The third-order valence-corrected chi connectivity index (χ3v) is 13.6. The van der Waals surface area contributed by atoms with E-state index in [0.29, 0.717) is 0 Å². The van der Waals surface area contributed by atoms with Gasteiger partial charge in [0.2, 0.25) is 0 Å². The summed E-state index contributed by atoms with van der Waals surface area (Å²) < 4.78 is 2.37. The summed E-state index contributed by atoms with van der Waals surface area (Å²) >= 11 is 0. The molecule has 1 aliphatic rings. The van der Waals surface area contributed by atoms with Crippen LogP contribution in [-0.4, -0.2) is 4.57 Å². The molecule has 0 saturated carbocycles. The number of hydrogen-bond donors (Lipinski definition) is 0. The topological polar surface area (TPSA) is 8.17 Å². The second kappa shape index (κ2) is 15.6. The van der Waals surface area contributed by atoms with Crippen molar-refractivity contribution in [2.45, 2.75) is 19.3 Å². The molecule has 0 saturated heterocycles. The molecule has 1 aromatic heterocycles. The smallest absolute Gasteiger partial charge is 0.0541 e. The van der Waals surface area contributed by atoms with Gasteiger partial charge in [0, 0.05) is 38.9 Å². The van der Waals surface area contributed by atoms with Crippen molar-refractivity contribution in [2.24, 2.45) is 0 Å². The number of nitrogens with zero attached hydrogens (tertiary/aromatic N) is 2. The fraction of sp³-hybridized carbons (Fsp3) is 0.0476. The average molecular weight is 831 g/mol. The summed E-state index contributed by atoms with van der Waals surface area (Å²) in [5.41, 5.74) is 22.0. The molecule has 0 atom stereocenters. The number of rotatable bonds is 8. The summed E-state index contributed by atoms with van der Waals surface area (Å²) in [4.78, 5) is 2.37. The van der Waals surface area contributed by atoms with Crippen LogP contribution in [-0.2, 0) is 5.41 Å². The van der Waals surface area contributed by atoms with Crippen LogP contribution in [0.25, 0.3) is 83.1 Å². The summed E-state index contributed by atoms with van der Waals surface area (Å²) in [6.07, 6.45) is 0. The molecule has 0 N–H and O–H groups in total. The largest absolute Gasteiger partial charge is 0.310 e. The van der Waals surface area contributed by atoms with E-state index in [1.165, 1.54) is 94.3 Å². The van der Waals surface area contributed by atoms with Crippen molar-refractivity contribution in [3.63, 3.8) is 0 Å². The van der Waals surface area contributed by atoms with Crippen LogP contribution in [0.3, 0.4) is 0 Å². The monoisotopic (exact) mass is 830 g/mol. The van der Waals surface area contributed by atoms with Gasteiger partial charge < -0.3 is 9.47 Å². The number of para-hydroxylation sites is 3. The standard InChI is InChI=1S/C63H46N2/c1-63(2)59-19-11-9-17-55(59)56-39-38-54(42-60(56)63)64(51-13-5-3-6-14-51)53-36-33-48(34-37-53)47-27-25-44(26-28-47)43-21-23-45(24-22-43)46-29-31-49(32-30-46)50-35-40-62-58(41-50)57-18-10-12-20-61(57)65(62)52-15-7-4-8-16-52/h3-42H,1-2H3. The summed E-state index contributed by atoms with van der Waals surface area (Å²) in [5.74, 6) is 0. The lowest BCUT2D eigenvalue weighted by Gasteiger charge is -2.28. The zero-order valence-electron chi connectivity index (χ0n) is 36.5. The van der Waals surface area contributed by atoms with Gasteiger partial charge in [-0.15, -0.1) is 0 Å². The van der Waals surface area contributed by atoms with Crippen molar-refractivity contribution in [3.05, 3.63) is 254 Å². The van der Waals surface area contributed by atoms with Crippen LogP contribution in [0.5, 0.6) is 0 Å². The molecule has 0 amide bonds. The first-order chi connectivity index (χ1) is 32.0. The minimum absolute atomic E-state index is 0.0686. The van der Waals surface area contributed by atoms with Gasteiger partial charge in [0.25, 0.3) is 0 Å². The van der Waals surface area contributed by atoms with E-state index in [-0.39, 0.29) is 5.41 Å². The Morgan fingerprint density at radius 1 is 0.308 bits per heavy atom. The molecular weight excluding hydrogens is 785 g/mol. The second-order valence-electron chi connectivity index (χ2n) is 17.8. The Labute approximate surface area is 381 Å². The molecule has 0 aliphatic heterocycles. The van der Waals surface area contributed by atoms with Gasteiger partial charge in [-0.1, -0.05) is 190 Å². The van der Waals surface area contributed by atoms with E-state index < -0.39 is 0 Å². The number of fused-ring (bicyclic) bond motifs is 6. The number of benzene rings is 10. The molecule has 0 fully saturated rings. The molecular formula is C63H46N2. The van der Waals surface area contributed by atoms with E-state index in [1.807, 2.05) is 0 Å². The van der Waals surface area contributed by atoms with Gasteiger partial charge in [0.05, 0.1) is 11.0 Å². The van der Waals surface area contributed by atoms with Crippen LogP contribution >= 0.6 is 0 Å². The van der Waals surface area contributed by atoms with Crippen molar-refractivity contribution >= 4 is 38.9 Å². The highest BCUT2D eigenvalue weighted by Gasteiger charge is 2.35. The zero-order valence-corrected chi connectivity index (χ0v) is 36.5. The minimum Gasteiger partial charge on any atom is -0.310 e. The Kier molecular flexibility index (Phi) is 9.21. The van der Waals surface area contributed by atoms with Crippen LogP contribution in [0.15, 0.2) is 243 Å². The van der Waals surface area contributed by atoms with E-state index in [9.17, 15) is 0 Å². The quantitative estimate of drug-likeness (QED) is 0.148. The normalized spacial score (nSPS) is 12.6. The summed E-state index contributed by atoms with van der Waals surface area (Å²) in [6.45, 7) is 4.69. The van der Waals surface area contributed by atoms with Crippen LogP contribution in [0.4, 0.5) is 17.1 Å². The third-order valence-electron chi connectivity index (χ3n) is 13.6. The van der Waals surface area contributed by atoms with E-state index in [2.05, 4.69) is 266 Å². The van der Waals surface area contributed by atoms with Gasteiger partial charge in [0.1, 0.15) is 0 Å². The van der Waals surface area contributed by atoms with Gasteiger partial charge in [-0.05, 0) is 133 Å². The Hall–Kier alpha value is -8.20. The fourth-order valence-corrected chi connectivity index (χ4v) is 10.2. The van der Waals surface area contributed by atoms with Crippen LogP contribution in [0.1, 0.15) is 25.0 Å². The average Bonchev–Trinajstić information content (AvgIpc) is 3.82. The number of aromatic nitrogens is 1. The third kappa shape index (κ3) is 6.65. The predicted molar refractivity (Wildman–Crippen MR) is 275 cm³/mol. The van der Waals surface area contributed by atoms with Crippen molar-refractivity contribution in [2.75, 3.05) is 4.90 Å². The van der Waals surface area contributed by atoms with E-state index >= 15 is 0 Å². The molecule has 11 aromatic rings. The lowest BCUT2D eigenvalue weighted by Crippen LogP contribution is -2.16. The Bertz CT molecular complexity index is 3510. The molecule has 0 unspecified atom stereocenters. The van der Waals surface area contributed by atoms with E-state index in [0.717, 1.165) is 17.1 Å². The zero-order chi connectivity index (χ0) is 43.5. The molecule has 0 radical (unpaired) electrons. The molecule has 308 valence electrons. The summed E-state index contributed by atoms with van der Waals surface area (Å²) in [7, 11) is 0. The van der Waals surface area contributed by atoms with Gasteiger partial charge in [-0.3, -0.25) is 0 Å². The minimum atomic E-state index is -0.0686. The van der Waals surface area contributed by atoms with Crippen molar-refractivity contribution < 1.29 is 0 Å². The number of hydrogen-bond acceptors (Lipinski definition) is 1. The summed E-state index contributed by atoms with van der Waals surface area (Å²) in [5, 5.41) is 2.53. The highest BCUT2D eigenvalue weighted by molar-refractivity contribution is 6.10. The molecule has 1 heterocycles. The maximum atomic E-state index is 2.40. The van der Waals surface area contributed by atoms with Gasteiger partial charge in [0.15, 0.2) is 0 Å². The van der Waals surface area contributed by atoms with Crippen LogP contribution in [0, 0.1) is 0 Å². The van der Waals surface area contributed by atoms with Crippen LogP contribution < -0.4 is 4.90 Å². The fourth-order valence-electron chi connectivity index (χ4n) is 10.2. The highest BCUT2D eigenvalue weighted by atomic mass is 15.1. The lowest BCUT2D eigenvalue weighted by atomic mass is 9.82. The first-order valence-corrected chi connectivity index (χ1v) is 22.6. The van der Waals surface area contributed by atoms with Crippen molar-refractivity contribution in [3.8, 4) is 61.3 Å². The van der Waals surface area contributed by atoms with E-state index in [4.69, 9.17) is 0 Å². The molecule has 2 heteroatoms. The predicted octanol–water partition coefficient (Wildman–Crippen LogP) is 17.2. The first-order valence-electron chi connectivity index (χ1n) is 22.6. The summed E-state index contributed by atoms with van der Waals surface area (Å²) in [6, 6.07) is 88.6. The maximum absolute atomic E-state index is 2.40. The Morgan fingerprint density at radius 3 is 1.35 bits per heavy atom. The van der Waals surface area contributed by atoms with Gasteiger partial charge in [-0.2, -0.15) is 0 Å².